The summed E-state index contributed by atoms with van der Waals surface area (Å²) in [5, 5.41) is 16.3. The minimum Gasteiger partial charge on any atom is -0.503 e. The van der Waals surface area contributed by atoms with E-state index in [9.17, 15) is 4.39 Å². The zero-order chi connectivity index (χ0) is 9.30. The summed E-state index contributed by atoms with van der Waals surface area (Å²) in [4.78, 5) is 0. The number of thiophene rings is 1. The molecule has 3 nitrogen and oxygen atoms in total. The van der Waals surface area contributed by atoms with Crippen molar-refractivity contribution in [1.29, 1.82) is 0 Å². The largest absolute Gasteiger partial charge is 0.708 e. The first-order valence-electron chi connectivity index (χ1n) is 2.99. The lowest BCUT2D eigenvalue weighted by molar-refractivity contribution is 0.292. The summed E-state index contributed by atoms with van der Waals surface area (Å²) in [5.41, 5.74) is 0.248. The maximum absolute atomic E-state index is 12.7. The Kier molecular flexibility index (Phi) is 2.95. The SMILES string of the molecule is Cc1c(F)sc(OB(O)O)c1Cl. The number of hydrogen-bond acceptors (Lipinski definition) is 4. The summed E-state index contributed by atoms with van der Waals surface area (Å²) in [7, 11) is -1.97. The zero-order valence-electron chi connectivity index (χ0n) is 6.04. The molecule has 0 aliphatic carbocycles. The Labute approximate surface area is 77.5 Å². The van der Waals surface area contributed by atoms with E-state index in [4.69, 9.17) is 21.6 Å². The second kappa shape index (κ2) is 3.61. The van der Waals surface area contributed by atoms with Crippen LogP contribution in [0.1, 0.15) is 5.56 Å². The number of rotatable bonds is 2. The third kappa shape index (κ3) is 1.89. The minimum atomic E-state index is -1.97. The van der Waals surface area contributed by atoms with Crippen molar-refractivity contribution >= 4 is 30.3 Å². The normalized spacial score (nSPS) is 10.1. The van der Waals surface area contributed by atoms with Crippen LogP contribution >= 0.6 is 22.9 Å². The summed E-state index contributed by atoms with van der Waals surface area (Å²) in [6.45, 7) is 1.48. The van der Waals surface area contributed by atoms with E-state index >= 15 is 0 Å². The van der Waals surface area contributed by atoms with Crippen LogP contribution in [0.3, 0.4) is 0 Å². The van der Waals surface area contributed by atoms with Gasteiger partial charge in [-0.1, -0.05) is 22.9 Å². The standard InChI is InChI=1S/C5H5BClFO3S/c1-2-3(7)5(11-6(9)10)12-4(2)8/h9-10H,1H3. The van der Waals surface area contributed by atoms with Crippen LogP contribution in [0.4, 0.5) is 4.39 Å². The van der Waals surface area contributed by atoms with Gasteiger partial charge in [0.05, 0.1) is 5.02 Å². The fourth-order valence-corrected chi connectivity index (χ4v) is 1.71. The summed E-state index contributed by atoms with van der Waals surface area (Å²) < 4.78 is 17.1. The van der Waals surface area contributed by atoms with Gasteiger partial charge in [0, 0.05) is 5.56 Å². The van der Waals surface area contributed by atoms with Crippen molar-refractivity contribution in [1.82, 2.24) is 0 Å². The van der Waals surface area contributed by atoms with Gasteiger partial charge in [-0.05, 0) is 6.92 Å². The third-order valence-electron chi connectivity index (χ3n) is 1.20. The molecular weight excluding hydrogens is 205 g/mol. The summed E-state index contributed by atoms with van der Waals surface area (Å²) >= 11 is 6.21. The van der Waals surface area contributed by atoms with Crippen LogP contribution in [0, 0.1) is 12.1 Å². The smallest absolute Gasteiger partial charge is 0.503 e. The molecule has 7 heteroatoms. The Hall–Kier alpha value is -0.295. The van der Waals surface area contributed by atoms with E-state index in [1.54, 1.807) is 0 Å². The highest BCUT2D eigenvalue weighted by molar-refractivity contribution is 7.13. The molecule has 0 atom stereocenters. The molecule has 1 aromatic heterocycles. The van der Waals surface area contributed by atoms with Gasteiger partial charge < -0.3 is 14.7 Å². The molecule has 0 aliphatic heterocycles. The van der Waals surface area contributed by atoms with Crippen molar-refractivity contribution in [3.8, 4) is 5.06 Å². The number of halogens is 2. The van der Waals surface area contributed by atoms with Crippen LogP contribution < -0.4 is 4.65 Å². The molecule has 0 unspecified atom stereocenters. The lowest BCUT2D eigenvalue weighted by Gasteiger charge is -1.99. The van der Waals surface area contributed by atoms with E-state index in [0.29, 0.717) is 11.3 Å². The van der Waals surface area contributed by atoms with Crippen molar-refractivity contribution < 1.29 is 19.1 Å². The Morgan fingerprint density at radius 3 is 2.50 bits per heavy atom. The van der Waals surface area contributed by atoms with Crippen LogP contribution in [0.15, 0.2) is 0 Å². The molecule has 0 amide bonds. The van der Waals surface area contributed by atoms with Crippen molar-refractivity contribution in [2.24, 2.45) is 0 Å². The predicted molar refractivity (Wildman–Crippen MR) is 44.8 cm³/mol. The highest BCUT2D eigenvalue weighted by atomic mass is 35.5. The maximum atomic E-state index is 12.7. The second-order valence-corrected chi connectivity index (χ2v) is 3.36. The van der Waals surface area contributed by atoms with Gasteiger partial charge in [-0.2, -0.15) is 4.39 Å². The van der Waals surface area contributed by atoms with E-state index in [0.717, 1.165) is 0 Å². The summed E-state index contributed by atoms with van der Waals surface area (Å²) in [6, 6.07) is 0. The monoisotopic (exact) mass is 210 g/mol. The fourth-order valence-electron chi connectivity index (χ4n) is 0.614. The van der Waals surface area contributed by atoms with Gasteiger partial charge in [-0.3, -0.25) is 0 Å². The van der Waals surface area contributed by atoms with Crippen LogP contribution in [-0.2, 0) is 0 Å². The van der Waals surface area contributed by atoms with Gasteiger partial charge in [0.2, 0.25) is 0 Å². The van der Waals surface area contributed by atoms with Crippen molar-refractivity contribution in [3.05, 3.63) is 15.7 Å². The lowest BCUT2D eigenvalue weighted by atomic mass is 10.3. The number of hydrogen-bond donors (Lipinski definition) is 2. The molecule has 0 fully saturated rings. The van der Waals surface area contributed by atoms with Gasteiger partial charge in [-0.25, -0.2) is 0 Å². The molecule has 0 saturated heterocycles. The first-order chi connectivity index (χ1) is 5.52. The molecule has 12 heavy (non-hydrogen) atoms. The molecule has 0 spiro atoms. The lowest BCUT2D eigenvalue weighted by Crippen LogP contribution is -2.20. The quantitative estimate of drug-likeness (QED) is 0.721. The molecule has 0 aromatic carbocycles. The summed E-state index contributed by atoms with van der Waals surface area (Å²) in [5.74, 6) is 0. The van der Waals surface area contributed by atoms with Crippen LogP contribution in [-0.4, -0.2) is 17.4 Å². The average molecular weight is 210 g/mol. The van der Waals surface area contributed by atoms with Crippen LogP contribution in [0.5, 0.6) is 5.06 Å². The molecule has 1 heterocycles. The van der Waals surface area contributed by atoms with E-state index in [2.05, 4.69) is 4.65 Å². The van der Waals surface area contributed by atoms with E-state index < -0.39 is 12.5 Å². The zero-order valence-corrected chi connectivity index (χ0v) is 7.62. The highest BCUT2D eigenvalue weighted by Crippen LogP contribution is 2.37. The molecule has 0 radical (unpaired) electrons. The van der Waals surface area contributed by atoms with Crippen LogP contribution in [0.2, 0.25) is 5.02 Å². The first-order valence-corrected chi connectivity index (χ1v) is 4.19. The van der Waals surface area contributed by atoms with E-state index in [1.165, 1.54) is 6.92 Å². The molecule has 0 saturated carbocycles. The highest BCUT2D eigenvalue weighted by Gasteiger charge is 2.19. The van der Waals surface area contributed by atoms with E-state index in [-0.39, 0.29) is 15.6 Å². The maximum Gasteiger partial charge on any atom is 0.708 e. The summed E-state index contributed by atoms with van der Waals surface area (Å²) in [6.07, 6.45) is 0. The molecule has 2 N–H and O–H groups in total. The van der Waals surface area contributed by atoms with Crippen molar-refractivity contribution in [2.45, 2.75) is 6.92 Å². The van der Waals surface area contributed by atoms with Gasteiger partial charge >= 0.3 is 7.32 Å². The Morgan fingerprint density at radius 1 is 1.58 bits per heavy atom. The minimum absolute atomic E-state index is 0.0262. The van der Waals surface area contributed by atoms with Crippen LogP contribution in [0.25, 0.3) is 0 Å². The van der Waals surface area contributed by atoms with Gasteiger partial charge in [-0.15, -0.1) is 0 Å². The Bertz CT molecular complexity index is 290. The Balaban J connectivity index is 2.93. The predicted octanol–water partition coefficient (Wildman–Crippen LogP) is 1.20. The fraction of sp³-hybridized carbons (Fsp3) is 0.200. The van der Waals surface area contributed by atoms with Gasteiger partial charge in [0.15, 0.2) is 10.2 Å². The Morgan fingerprint density at radius 2 is 2.17 bits per heavy atom. The first kappa shape index (κ1) is 9.79. The molecule has 0 bridgehead atoms. The molecule has 66 valence electrons. The topological polar surface area (TPSA) is 49.7 Å². The van der Waals surface area contributed by atoms with Gasteiger partial charge in [0.25, 0.3) is 0 Å². The second-order valence-electron chi connectivity index (χ2n) is 2.05. The molecule has 0 aliphatic rings. The third-order valence-corrected chi connectivity index (χ3v) is 2.74. The molecule has 1 rings (SSSR count). The average Bonchev–Trinajstić information content (AvgIpc) is 2.17. The molecule has 1 aromatic rings. The van der Waals surface area contributed by atoms with Gasteiger partial charge in [0.1, 0.15) is 0 Å². The van der Waals surface area contributed by atoms with Crippen molar-refractivity contribution in [2.75, 3.05) is 0 Å². The molecular formula is C5H5BClFO3S. The van der Waals surface area contributed by atoms with E-state index in [1.807, 2.05) is 0 Å². The van der Waals surface area contributed by atoms with Crippen molar-refractivity contribution in [3.63, 3.8) is 0 Å².